The summed E-state index contributed by atoms with van der Waals surface area (Å²) in [6, 6.07) is 9.27. The summed E-state index contributed by atoms with van der Waals surface area (Å²) in [4.78, 5) is 21.2. The van der Waals surface area contributed by atoms with E-state index in [0.29, 0.717) is 24.8 Å². The van der Waals surface area contributed by atoms with E-state index in [1.54, 1.807) is 6.07 Å². The number of aryl methyl sites for hydroxylation is 1. The number of hydrogen-bond acceptors (Lipinski definition) is 5. The molecule has 28 heavy (non-hydrogen) atoms. The molecule has 0 aliphatic heterocycles. The van der Waals surface area contributed by atoms with Gasteiger partial charge < -0.3 is 15.4 Å². The Morgan fingerprint density at radius 3 is 2.71 bits per heavy atom. The number of hydrogen-bond donors (Lipinski definition) is 2. The van der Waals surface area contributed by atoms with Crippen LogP contribution in [0.3, 0.4) is 0 Å². The minimum absolute atomic E-state index is 0.170. The van der Waals surface area contributed by atoms with Gasteiger partial charge >= 0.3 is 0 Å². The molecule has 1 aromatic carbocycles. The number of carbonyl (C=O) groups is 1. The minimum Gasteiger partial charge on any atom is -0.494 e. The Balaban J connectivity index is 1.60. The standard InChI is InChI=1S/C22H28N4O2/c1-3-28-19-11-9-18(10-12-19)25-22-24-16(2)15-20(26-22)21(27)23-14-13-17-7-5-4-6-8-17/h7,9-12,15H,3-6,8,13-14H2,1-2H3,(H,23,27)(H,24,25,26). The van der Waals surface area contributed by atoms with E-state index in [1.165, 1.54) is 18.4 Å². The van der Waals surface area contributed by atoms with Crippen LogP contribution in [0, 0.1) is 6.92 Å². The quantitative estimate of drug-likeness (QED) is 0.657. The molecule has 1 aliphatic carbocycles. The first kappa shape index (κ1) is 19.9. The van der Waals surface area contributed by atoms with Crippen molar-refractivity contribution in [3.63, 3.8) is 0 Å². The Morgan fingerprint density at radius 2 is 2.00 bits per heavy atom. The van der Waals surface area contributed by atoms with Crippen molar-refractivity contribution < 1.29 is 9.53 Å². The zero-order valence-corrected chi connectivity index (χ0v) is 16.6. The van der Waals surface area contributed by atoms with E-state index in [4.69, 9.17) is 4.74 Å². The van der Waals surface area contributed by atoms with Crippen molar-refractivity contribution in [3.8, 4) is 5.75 Å². The molecule has 2 aromatic rings. The van der Waals surface area contributed by atoms with E-state index in [0.717, 1.165) is 36.4 Å². The van der Waals surface area contributed by atoms with Gasteiger partial charge in [-0.3, -0.25) is 4.79 Å². The Kier molecular flexibility index (Phi) is 7.00. The second-order valence-electron chi connectivity index (χ2n) is 6.91. The minimum atomic E-state index is -0.170. The fourth-order valence-electron chi connectivity index (χ4n) is 3.23. The molecule has 1 aromatic heterocycles. The summed E-state index contributed by atoms with van der Waals surface area (Å²) in [5.41, 5.74) is 3.40. The number of allylic oxidation sites excluding steroid dienone is 1. The first-order valence-electron chi connectivity index (χ1n) is 9.95. The highest BCUT2D eigenvalue weighted by molar-refractivity contribution is 5.92. The van der Waals surface area contributed by atoms with E-state index >= 15 is 0 Å². The fourth-order valence-corrected chi connectivity index (χ4v) is 3.23. The average Bonchev–Trinajstić information content (AvgIpc) is 2.70. The van der Waals surface area contributed by atoms with E-state index in [1.807, 2.05) is 38.1 Å². The molecule has 1 amide bonds. The van der Waals surface area contributed by atoms with E-state index < -0.39 is 0 Å². The third-order valence-corrected chi connectivity index (χ3v) is 4.63. The highest BCUT2D eigenvalue weighted by Crippen LogP contribution is 2.20. The molecule has 2 N–H and O–H groups in total. The largest absolute Gasteiger partial charge is 0.494 e. The first-order chi connectivity index (χ1) is 13.6. The van der Waals surface area contributed by atoms with Gasteiger partial charge in [0.15, 0.2) is 0 Å². The van der Waals surface area contributed by atoms with Crippen LogP contribution in [0.4, 0.5) is 11.6 Å². The maximum Gasteiger partial charge on any atom is 0.270 e. The van der Waals surface area contributed by atoms with Crippen LogP contribution in [0.5, 0.6) is 5.75 Å². The molecule has 0 bridgehead atoms. The normalized spacial score (nSPS) is 13.6. The van der Waals surface area contributed by atoms with Gasteiger partial charge in [-0.25, -0.2) is 9.97 Å². The molecule has 6 heteroatoms. The van der Waals surface area contributed by atoms with Crippen LogP contribution >= 0.6 is 0 Å². The van der Waals surface area contributed by atoms with Gasteiger partial charge in [0.1, 0.15) is 11.4 Å². The van der Waals surface area contributed by atoms with Crippen LogP contribution in [0.2, 0.25) is 0 Å². The summed E-state index contributed by atoms with van der Waals surface area (Å²) < 4.78 is 5.45. The summed E-state index contributed by atoms with van der Waals surface area (Å²) >= 11 is 0. The number of benzene rings is 1. The summed E-state index contributed by atoms with van der Waals surface area (Å²) in [5, 5.41) is 6.12. The van der Waals surface area contributed by atoms with Gasteiger partial charge in [-0.15, -0.1) is 0 Å². The summed E-state index contributed by atoms with van der Waals surface area (Å²) in [7, 11) is 0. The molecule has 1 heterocycles. The van der Waals surface area contributed by atoms with Crippen molar-refractivity contribution in [1.82, 2.24) is 15.3 Å². The van der Waals surface area contributed by atoms with Crippen molar-refractivity contribution in [2.45, 2.75) is 46.0 Å². The third kappa shape index (κ3) is 5.81. The third-order valence-electron chi connectivity index (χ3n) is 4.63. The molecule has 0 fully saturated rings. The van der Waals surface area contributed by atoms with Gasteiger partial charge in [0.2, 0.25) is 5.95 Å². The molecule has 0 radical (unpaired) electrons. The lowest BCUT2D eigenvalue weighted by molar-refractivity contribution is 0.0949. The van der Waals surface area contributed by atoms with Gasteiger partial charge in [-0.1, -0.05) is 11.6 Å². The molecular weight excluding hydrogens is 352 g/mol. The summed E-state index contributed by atoms with van der Waals surface area (Å²) in [5.74, 6) is 1.05. The first-order valence-corrected chi connectivity index (χ1v) is 9.95. The van der Waals surface area contributed by atoms with Crippen LogP contribution < -0.4 is 15.4 Å². The number of rotatable bonds is 8. The van der Waals surface area contributed by atoms with Crippen LogP contribution in [-0.4, -0.2) is 29.0 Å². The molecule has 0 atom stereocenters. The van der Waals surface area contributed by atoms with E-state index in [-0.39, 0.29) is 5.91 Å². The zero-order chi connectivity index (χ0) is 19.8. The van der Waals surface area contributed by atoms with Crippen molar-refractivity contribution in [2.24, 2.45) is 0 Å². The van der Waals surface area contributed by atoms with Gasteiger partial charge in [0.25, 0.3) is 5.91 Å². The second-order valence-corrected chi connectivity index (χ2v) is 6.91. The number of nitrogens with zero attached hydrogens (tertiary/aromatic N) is 2. The van der Waals surface area contributed by atoms with Crippen molar-refractivity contribution in [2.75, 3.05) is 18.5 Å². The molecule has 0 saturated heterocycles. The number of anilines is 2. The van der Waals surface area contributed by atoms with Crippen LogP contribution in [-0.2, 0) is 0 Å². The Hall–Kier alpha value is -2.89. The van der Waals surface area contributed by atoms with Gasteiger partial charge in [-0.2, -0.15) is 0 Å². The number of ether oxygens (including phenoxy) is 1. The molecule has 0 spiro atoms. The van der Waals surface area contributed by atoms with E-state index in [9.17, 15) is 4.79 Å². The zero-order valence-electron chi connectivity index (χ0n) is 16.6. The monoisotopic (exact) mass is 380 g/mol. The maximum absolute atomic E-state index is 12.5. The molecular formula is C22H28N4O2. The SMILES string of the molecule is CCOc1ccc(Nc2nc(C)cc(C(=O)NCCC3=CCCCC3)n2)cc1. The molecule has 0 saturated carbocycles. The maximum atomic E-state index is 12.5. The number of carbonyl (C=O) groups excluding carboxylic acids is 1. The molecule has 1 aliphatic rings. The summed E-state index contributed by atoms with van der Waals surface area (Å²) in [6.07, 6.45) is 8.07. The Morgan fingerprint density at radius 1 is 1.18 bits per heavy atom. The van der Waals surface area contributed by atoms with Crippen molar-refractivity contribution >= 4 is 17.5 Å². The number of nitrogens with one attached hydrogen (secondary N) is 2. The predicted octanol–water partition coefficient (Wildman–Crippen LogP) is 4.55. The van der Waals surface area contributed by atoms with E-state index in [2.05, 4.69) is 26.7 Å². The second kappa shape index (κ2) is 9.88. The lowest BCUT2D eigenvalue weighted by Gasteiger charge is -2.13. The van der Waals surface area contributed by atoms with Gasteiger partial charge in [0, 0.05) is 17.9 Å². The predicted molar refractivity (Wildman–Crippen MR) is 111 cm³/mol. The molecule has 6 nitrogen and oxygen atoms in total. The lowest BCUT2D eigenvalue weighted by atomic mass is 9.97. The van der Waals surface area contributed by atoms with Gasteiger partial charge in [-0.05, 0) is 76.3 Å². The molecule has 3 rings (SSSR count). The van der Waals surface area contributed by atoms with Crippen LogP contribution in [0.25, 0.3) is 0 Å². The smallest absolute Gasteiger partial charge is 0.270 e. The van der Waals surface area contributed by atoms with Crippen LogP contribution in [0.15, 0.2) is 42.0 Å². The van der Waals surface area contributed by atoms with Crippen molar-refractivity contribution in [1.29, 1.82) is 0 Å². The molecule has 148 valence electrons. The van der Waals surface area contributed by atoms with Crippen molar-refractivity contribution in [3.05, 3.63) is 53.4 Å². The molecule has 0 unspecified atom stereocenters. The highest BCUT2D eigenvalue weighted by atomic mass is 16.5. The topological polar surface area (TPSA) is 76.1 Å². The number of aromatic nitrogens is 2. The summed E-state index contributed by atoms with van der Waals surface area (Å²) in [6.45, 7) is 5.07. The van der Waals surface area contributed by atoms with Crippen LogP contribution in [0.1, 0.15) is 55.2 Å². The highest BCUT2D eigenvalue weighted by Gasteiger charge is 2.11. The Labute approximate surface area is 166 Å². The fraction of sp³-hybridized carbons (Fsp3) is 0.409. The number of amides is 1. The van der Waals surface area contributed by atoms with Gasteiger partial charge in [0.05, 0.1) is 6.61 Å². The average molecular weight is 380 g/mol. The lowest BCUT2D eigenvalue weighted by Crippen LogP contribution is -2.26. The Bertz CT molecular complexity index is 831.